The molecule has 0 atom stereocenters. The van der Waals surface area contributed by atoms with Gasteiger partial charge in [0.15, 0.2) is 5.76 Å². The Morgan fingerprint density at radius 2 is 2.00 bits per heavy atom. The normalized spacial score (nSPS) is 10.7. The molecule has 0 aliphatic heterocycles. The number of rotatable bonds is 4. The van der Waals surface area contributed by atoms with Gasteiger partial charge in [0.1, 0.15) is 11.4 Å². The van der Waals surface area contributed by atoms with Gasteiger partial charge in [0, 0.05) is 12.1 Å². The van der Waals surface area contributed by atoms with E-state index in [1.54, 1.807) is 41.3 Å². The Morgan fingerprint density at radius 1 is 1.24 bits per heavy atom. The lowest BCUT2D eigenvalue weighted by Crippen LogP contribution is -2.11. The number of hydrogen-bond donors (Lipinski definition) is 2. The van der Waals surface area contributed by atoms with Gasteiger partial charge in [-0.25, -0.2) is 4.68 Å². The summed E-state index contributed by atoms with van der Waals surface area (Å²) in [4.78, 5) is 11.1. The van der Waals surface area contributed by atoms with Crippen molar-refractivity contribution in [1.82, 2.24) is 15.0 Å². The van der Waals surface area contributed by atoms with Crippen LogP contribution in [0.25, 0.3) is 17.1 Å². The summed E-state index contributed by atoms with van der Waals surface area (Å²) in [6.07, 6.45) is 1.57. The minimum Gasteiger partial charge on any atom is -0.463 e. The van der Waals surface area contributed by atoms with Crippen LogP contribution >= 0.6 is 0 Å². The minimum absolute atomic E-state index is 0.245. The highest BCUT2D eigenvalue weighted by Gasteiger charge is 2.17. The largest absolute Gasteiger partial charge is 0.463 e. The van der Waals surface area contributed by atoms with Crippen LogP contribution < -0.4 is 11.5 Å². The molecular formula is C14H13N5O2. The van der Waals surface area contributed by atoms with E-state index in [9.17, 15) is 4.79 Å². The van der Waals surface area contributed by atoms with Crippen LogP contribution in [0.4, 0.5) is 0 Å². The van der Waals surface area contributed by atoms with Crippen LogP contribution in [0.15, 0.2) is 47.1 Å². The molecule has 7 nitrogen and oxygen atoms in total. The van der Waals surface area contributed by atoms with Gasteiger partial charge in [0.05, 0.1) is 12.0 Å². The first kappa shape index (κ1) is 13.1. The van der Waals surface area contributed by atoms with E-state index in [4.69, 9.17) is 15.9 Å². The summed E-state index contributed by atoms with van der Waals surface area (Å²) in [5.74, 6) is 0.147. The minimum atomic E-state index is -0.478. The van der Waals surface area contributed by atoms with Crippen molar-refractivity contribution in [1.29, 1.82) is 0 Å². The summed E-state index contributed by atoms with van der Waals surface area (Å²) < 4.78 is 7.03. The molecular weight excluding hydrogens is 270 g/mol. The quantitative estimate of drug-likeness (QED) is 0.744. The second kappa shape index (κ2) is 5.22. The van der Waals surface area contributed by atoms with E-state index in [0.717, 1.165) is 5.69 Å². The van der Waals surface area contributed by atoms with Crippen LogP contribution in [0.2, 0.25) is 0 Å². The van der Waals surface area contributed by atoms with Crippen molar-refractivity contribution >= 4 is 5.91 Å². The van der Waals surface area contributed by atoms with Gasteiger partial charge in [0.2, 0.25) is 5.91 Å². The molecule has 0 unspecified atom stereocenters. The van der Waals surface area contributed by atoms with Crippen LogP contribution in [-0.4, -0.2) is 20.9 Å². The van der Waals surface area contributed by atoms with Gasteiger partial charge < -0.3 is 15.9 Å². The molecule has 21 heavy (non-hydrogen) atoms. The zero-order valence-corrected chi connectivity index (χ0v) is 11.1. The van der Waals surface area contributed by atoms with Crippen LogP contribution in [-0.2, 0) is 6.54 Å². The van der Waals surface area contributed by atoms with Crippen molar-refractivity contribution in [3.05, 3.63) is 53.9 Å². The Hall–Kier alpha value is -2.93. The van der Waals surface area contributed by atoms with Crippen molar-refractivity contribution < 1.29 is 9.21 Å². The fraction of sp³-hybridized carbons (Fsp3) is 0.0714. The molecule has 0 radical (unpaired) electrons. The van der Waals surface area contributed by atoms with E-state index in [-0.39, 0.29) is 6.54 Å². The van der Waals surface area contributed by atoms with Gasteiger partial charge in [-0.3, -0.25) is 4.79 Å². The standard InChI is InChI=1S/C14H13N5O2/c15-8-11-13(12-2-1-7-21-12)19(18-17-11)10-5-3-9(4-6-10)14(16)20/h1-7H,8,15H2,(H2,16,20). The molecule has 2 heterocycles. The Balaban J connectivity index is 2.10. The monoisotopic (exact) mass is 283 g/mol. The number of carbonyl (C=O) groups is 1. The molecule has 106 valence electrons. The molecule has 0 spiro atoms. The summed E-state index contributed by atoms with van der Waals surface area (Å²) in [5, 5.41) is 8.16. The zero-order chi connectivity index (χ0) is 14.8. The molecule has 7 heteroatoms. The lowest BCUT2D eigenvalue weighted by atomic mass is 10.2. The number of furan rings is 1. The molecule has 1 amide bonds. The maximum absolute atomic E-state index is 11.1. The predicted molar refractivity (Wildman–Crippen MR) is 75.5 cm³/mol. The molecule has 0 fully saturated rings. The molecule has 0 aliphatic rings. The highest BCUT2D eigenvalue weighted by molar-refractivity contribution is 5.92. The Kier molecular flexibility index (Phi) is 3.25. The van der Waals surface area contributed by atoms with Crippen molar-refractivity contribution in [3.8, 4) is 17.1 Å². The van der Waals surface area contributed by atoms with E-state index < -0.39 is 5.91 Å². The van der Waals surface area contributed by atoms with E-state index in [0.29, 0.717) is 22.7 Å². The first-order valence-corrected chi connectivity index (χ1v) is 6.29. The van der Waals surface area contributed by atoms with Gasteiger partial charge in [-0.1, -0.05) is 5.21 Å². The Labute approximate surface area is 120 Å². The third kappa shape index (κ3) is 2.30. The summed E-state index contributed by atoms with van der Waals surface area (Å²) >= 11 is 0. The number of nitrogens with zero attached hydrogens (tertiary/aromatic N) is 3. The lowest BCUT2D eigenvalue weighted by molar-refractivity contribution is 0.100. The number of nitrogens with two attached hydrogens (primary N) is 2. The maximum atomic E-state index is 11.1. The summed E-state index contributed by atoms with van der Waals surface area (Å²) in [6, 6.07) is 10.3. The average Bonchev–Trinajstić information content (AvgIpc) is 3.15. The van der Waals surface area contributed by atoms with E-state index in [2.05, 4.69) is 10.3 Å². The van der Waals surface area contributed by atoms with Crippen LogP contribution in [0.1, 0.15) is 16.1 Å². The lowest BCUT2D eigenvalue weighted by Gasteiger charge is -2.06. The van der Waals surface area contributed by atoms with Crippen molar-refractivity contribution in [2.45, 2.75) is 6.54 Å². The fourth-order valence-electron chi connectivity index (χ4n) is 2.06. The first-order valence-electron chi connectivity index (χ1n) is 6.29. The Bertz CT molecular complexity index is 759. The van der Waals surface area contributed by atoms with Crippen LogP contribution in [0.5, 0.6) is 0 Å². The van der Waals surface area contributed by atoms with Gasteiger partial charge in [-0.15, -0.1) is 5.10 Å². The third-order valence-electron chi connectivity index (χ3n) is 3.08. The molecule has 2 aromatic heterocycles. The zero-order valence-electron chi connectivity index (χ0n) is 11.1. The molecule has 0 saturated heterocycles. The SMILES string of the molecule is NCc1nnn(-c2ccc(C(N)=O)cc2)c1-c1ccco1. The smallest absolute Gasteiger partial charge is 0.248 e. The molecule has 0 aliphatic carbocycles. The topological polar surface area (TPSA) is 113 Å². The average molecular weight is 283 g/mol. The van der Waals surface area contributed by atoms with Crippen molar-refractivity contribution in [2.24, 2.45) is 11.5 Å². The van der Waals surface area contributed by atoms with Gasteiger partial charge in [-0.05, 0) is 36.4 Å². The molecule has 0 saturated carbocycles. The van der Waals surface area contributed by atoms with E-state index >= 15 is 0 Å². The van der Waals surface area contributed by atoms with Gasteiger partial charge >= 0.3 is 0 Å². The molecule has 4 N–H and O–H groups in total. The molecule has 1 aromatic carbocycles. The van der Waals surface area contributed by atoms with E-state index in [1.165, 1.54) is 0 Å². The number of aromatic nitrogens is 3. The number of benzene rings is 1. The molecule has 3 rings (SSSR count). The summed E-state index contributed by atoms with van der Waals surface area (Å²) in [7, 11) is 0. The Morgan fingerprint density at radius 3 is 2.57 bits per heavy atom. The number of primary amides is 1. The molecule has 0 bridgehead atoms. The van der Waals surface area contributed by atoms with Crippen molar-refractivity contribution in [2.75, 3.05) is 0 Å². The summed E-state index contributed by atoms with van der Waals surface area (Å²) in [6.45, 7) is 0.245. The molecule has 3 aromatic rings. The predicted octanol–water partition coefficient (Wildman–Crippen LogP) is 1.08. The third-order valence-corrected chi connectivity index (χ3v) is 3.08. The second-order valence-electron chi connectivity index (χ2n) is 4.39. The fourth-order valence-corrected chi connectivity index (χ4v) is 2.06. The van der Waals surface area contributed by atoms with Gasteiger partial charge in [0.25, 0.3) is 0 Å². The summed E-state index contributed by atoms with van der Waals surface area (Å²) in [5.41, 5.74) is 13.4. The van der Waals surface area contributed by atoms with Crippen LogP contribution in [0.3, 0.4) is 0 Å². The van der Waals surface area contributed by atoms with E-state index in [1.807, 2.05) is 6.07 Å². The highest BCUT2D eigenvalue weighted by Crippen LogP contribution is 2.25. The van der Waals surface area contributed by atoms with Crippen molar-refractivity contribution in [3.63, 3.8) is 0 Å². The second-order valence-corrected chi connectivity index (χ2v) is 4.39. The number of carbonyl (C=O) groups excluding carboxylic acids is 1. The maximum Gasteiger partial charge on any atom is 0.248 e. The van der Waals surface area contributed by atoms with Gasteiger partial charge in [-0.2, -0.15) is 0 Å². The highest BCUT2D eigenvalue weighted by atomic mass is 16.3. The van der Waals surface area contributed by atoms with Crippen LogP contribution in [0, 0.1) is 0 Å². The number of amides is 1. The first-order chi connectivity index (χ1) is 10.2. The number of hydrogen-bond acceptors (Lipinski definition) is 5.